The van der Waals surface area contributed by atoms with E-state index in [1.165, 1.54) is 0 Å². The Morgan fingerprint density at radius 3 is 2.69 bits per heavy atom. The Bertz CT molecular complexity index is 361. The summed E-state index contributed by atoms with van der Waals surface area (Å²) in [6.45, 7) is 4.20. The molecule has 0 aromatic heterocycles. The standard InChI is InChI=1S/C9H14O3S/c1-5-6-3-7-8(12-6)9(5,2)4-13(7,10)11/h5-8H,3-4H2,1-2H3. The molecule has 0 N–H and O–H groups in total. The monoisotopic (exact) mass is 202 g/mol. The van der Waals surface area contributed by atoms with Crippen molar-refractivity contribution in [3.05, 3.63) is 0 Å². The van der Waals surface area contributed by atoms with Crippen LogP contribution in [0.4, 0.5) is 0 Å². The zero-order chi connectivity index (χ0) is 9.43. The van der Waals surface area contributed by atoms with Crippen LogP contribution in [0.15, 0.2) is 0 Å². The van der Waals surface area contributed by atoms with Gasteiger partial charge in [0.05, 0.1) is 23.2 Å². The van der Waals surface area contributed by atoms with Crippen LogP contribution < -0.4 is 0 Å². The number of sulfone groups is 1. The molecule has 13 heavy (non-hydrogen) atoms. The van der Waals surface area contributed by atoms with E-state index in [1.54, 1.807) is 0 Å². The van der Waals surface area contributed by atoms with Crippen molar-refractivity contribution in [2.24, 2.45) is 11.3 Å². The molecule has 5 unspecified atom stereocenters. The van der Waals surface area contributed by atoms with E-state index in [-0.39, 0.29) is 22.9 Å². The van der Waals surface area contributed by atoms with E-state index >= 15 is 0 Å². The van der Waals surface area contributed by atoms with Crippen LogP contribution in [0, 0.1) is 11.3 Å². The molecule has 2 bridgehead atoms. The van der Waals surface area contributed by atoms with Crippen molar-refractivity contribution < 1.29 is 13.2 Å². The van der Waals surface area contributed by atoms with Crippen molar-refractivity contribution in [3.63, 3.8) is 0 Å². The zero-order valence-electron chi connectivity index (χ0n) is 7.86. The molecular weight excluding hydrogens is 188 g/mol. The van der Waals surface area contributed by atoms with Gasteiger partial charge in [-0.2, -0.15) is 0 Å². The lowest BCUT2D eigenvalue weighted by Crippen LogP contribution is -2.37. The quantitative estimate of drug-likeness (QED) is 0.577. The molecule has 0 radical (unpaired) electrons. The molecule has 4 heteroatoms. The number of hydrogen-bond acceptors (Lipinski definition) is 3. The normalized spacial score (nSPS) is 61.7. The molecule has 3 rings (SSSR count). The van der Waals surface area contributed by atoms with Gasteiger partial charge in [0.15, 0.2) is 9.84 Å². The highest BCUT2D eigenvalue weighted by Crippen LogP contribution is 2.58. The second kappa shape index (κ2) is 1.96. The van der Waals surface area contributed by atoms with Crippen LogP contribution in [0.5, 0.6) is 0 Å². The van der Waals surface area contributed by atoms with E-state index in [0.29, 0.717) is 11.7 Å². The van der Waals surface area contributed by atoms with Gasteiger partial charge < -0.3 is 4.74 Å². The summed E-state index contributed by atoms with van der Waals surface area (Å²) in [5.74, 6) is 0.749. The van der Waals surface area contributed by atoms with Gasteiger partial charge in [0.1, 0.15) is 0 Å². The first kappa shape index (κ1) is 8.24. The molecule has 0 spiro atoms. The van der Waals surface area contributed by atoms with Crippen molar-refractivity contribution in [3.8, 4) is 0 Å². The molecule has 3 aliphatic rings. The Hall–Kier alpha value is -0.0900. The first-order chi connectivity index (χ1) is 5.95. The topological polar surface area (TPSA) is 43.4 Å². The predicted molar refractivity (Wildman–Crippen MR) is 48.1 cm³/mol. The highest BCUT2D eigenvalue weighted by atomic mass is 32.2. The summed E-state index contributed by atoms with van der Waals surface area (Å²) < 4.78 is 29.2. The van der Waals surface area contributed by atoms with E-state index in [2.05, 4.69) is 13.8 Å². The molecule has 74 valence electrons. The Balaban J connectivity index is 2.18. The molecule has 0 aromatic carbocycles. The van der Waals surface area contributed by atoms with Gasteiger partial charge >= 0.3 is 0 Å². The number of rotatable bonds is 0. The molecule has 0 saturated carbocycles. The first-order valence-electron chi connectivity index (χ1n) is 4.82. The maximum atomic E-state index is 11.8. The molecule has 3 aliphatic heterocycles. The van der Waals surface area contributed by atoms with E-state index < -0.39 is 9.84 Å². The van der Waals surface area contributed by atoms with Crippen LogP contribution in [0.25, 0.3) is 0 Å². The molecule has 3 fully saturated rings. The van der Waals surface area contributed by atoms with E-state index in [1.807, 2.05) is 0 Å². The maximum absolute atomic E-state index is 11.8. The summed E-state index contributed by atoms with van der Waals surface area (Å²) in [6.07, 6.45) is 0.943. The molecule has 0 amide bonds. The molecule has 0 aromatic rings. The minimum atomic E-state index is -2.85. The summed E-state index contributed by atoms with van der Waals surface area (Å²) in [5.41, 5.74) is -0.0909. The molecule has 5 atom stereocenters. The number of hydrogen-bond donors (Lipinski definition) is 0. The van der Waals surface area contributed by atoms with Gasteiger partial charge in [-0.1, -0.05) is 13.8 Å². The number of fused-ring (bicyclic) bond motifs is 1. The Morgan fingerprint density at radius 2 is 2.15 bits per heavy atom. The van der Waals surface area contributed by atoms with Gasteiger partial charge in [-0.25, -0.2) is 8.42 Å². The minimum absolute atomic E-state index is 0.00231. The summed E-state index contributed by atoms with van der Waals surface area (Å²) in [4.78, 5) is 0. The Morgan fingerprint density at radius 1 is 1.46 bits per heavy atom. The van der Waals surface area contributed by atoms with Crippen LogP contribution in [-0.2, 0) is 14.6 Å². The lowest BCUT2D eigenvalue weighted by Gasteiger charge is -2.29. The third-order valence-corrected chi connectivity index (χ3v) is 6.73. The van der Waals surface area contributed by atoms with E-state index in [9.17, 15) is 8.42 Å². The second-order valence-corrected chi connectivity index (χ2v) is 7.19. The van der Waals surface area contributed by atoms with Gasteiger partial charge in [-0.3, -0.25) is 0 Å². The van der Waals surface area contributed by atoms with Gasteiger partial charge in [0, 0.05) is 5.41 Å². The third-order valence-electron chi connectivity index (χ3n) is 4.35. The van der Waals surface area contributed by atoms with Crippen molar-refractivity contribution in [2.75, 3.05) is 5.75 Å². The molecule has 3 heterocycles. The average molecular weight is 202 g/mol. The van der Waals surface area contributed by atoms with Gasteiger partial charge in [-0.15, -0.1) is 0 Å². The zero-order valence-corrected chi connectivity index (χ0v) is 8.67. The third kappa shape index (κ3) is 0.734. The molecule has 3 saturated heterocycles. The summed E-state index contributed by atoms with van der Waals surface area (Å²) in [6, 6.07) is 0. The van der Waals surface area contributed by atoms with Crippen LogP contribution in [0.2, 0.25) is 0 Å². The highest BCUT2D eigenvalue weighted by molar-refractivity contribution is 7.92. The first-order valence-corrected chi connectivity index (χ1v) is 6.54. The number of ether oxygens (including phenoxy) is 1. The fourth-order valence-electron chi connectivity index (χ4n) is 3.36. The van der Waals surface area contributed by atoms with E-state index in [0.717, 1.165) is 6.42 Å². The lowest BCUT2D eigenvalue weighted by molar-refractivity contribution is 0.0806. The molecule has 0 aliphatic carbocycles. The molecule has 3 nitrogen and oxygen atoms in total. The van der Waals surface area contributed by atoms with Gasteiger partial charge in [-0.05, 0) is 12.3 Å². The van der Waals surface area contributed by atoms with Crippen molar-refractivity contribution in [1.29, 1.82) is 0 Å². The fourth-order valence-corrected chi connectivity index (χ4v) is 6.10. The summed E-state index contributed by atoms with van der Waals surface area (Å²) in [7, 11) is -2.85. The largest absolute Gasteiger partial charge is 0.373 e. The van der Waals surface area contributed by atoms with Crippen LogP contribution >= 0.6 is 0 Å². The van der Waals surface area contributed by atoms with Crippen molar-refractivity contribution in [2.45, 2.75) is 37.7 Å². The SMILES string of the molecule is CC1C2CC3C(O2)C1(C)CS3(=O)=O. The smallest absolute Gasteiger partial charge is 0.156 e. The Labute approximate surface area is 78.4 Å². The van der Waals surface area contributed by atoms with E-state index in [4.69, 9.17) is 4.74 Å². The Kier molecular flexibility index (Phi) is 1.24. The van der Waals surface area contributed by atoms with Gasteiger partial charge in [0.25, 0.3) is 0 Å². The lowest BCUT2D eigenvalue weighted by atomic mass is 9.70. The van der Waals surface area contributed by atoms with Crippen LogP contribution in [0.3, 0.4) is 0 Å². The summed E-state index contributed by atoms with van der Waals surface area (Å²) in [5, 5.41) is -0.182. The summed E-state index contributed by atoms with van der Waals surface area (Å²) >= 11 is 0. The van der Waals surface area contributed by atoms with Crippen LogP contribution in [-0.4, -0.2) is 31.6 Å². The van der Waals surface area contributed by atoms with Crippen molar-refractivity contribution in [1.82, 2.24) is 0 Å². The maximum Gasteiger partial charge on any atom is 0.156 e. The van der Waals surface area contributed by atoms with Crippen molar-refractivity contribution >= 4 is 9.84 Å². The second-order valence-electron chi connectivity index (χ2n) is 4.97. The fraction of sp³-hybridized carbons (Fsp3) is 1.00. The molecular formula is C9H14O3S. The minimum Gasteiger partial charge on any atom is -0.373 e. The predicted octanol–water partition coefficient (Wildman–Crippen LogP) is 0.597. The average Bonchev–Trinajstić information content (AvgIpc) is 2.55. The highest BCUT2D eigenvalue weighted by Gasteiger charge is 2.68. The van der Waals surface area contributed by atoms with Crippen LogP contribution in [0.1, 0.15) is 20.3 Å². The van der Waals surface area contributed by atoms with Gasteiger partial charge in [0.2, 0.25) is 0 Å².